The third-order valence-electron chi connectivity index (χ3n) is 6.50. The Kier molecular flexibility index (Phi) is 8.08. The maximum Gasteiger partial charge on any atom is 0.252 e. The van der Waals surface area contributed by atoms with E-state index in [-0.39, 0.29) is 5.91 Å². The second-order valence-electron chi connectivity index (χ2n) is 9.58. The maximum absolute atomic E-state index is 13.2. The summed E-state index contributed by atoms with van der Waals surface area (Å²) < 4.78 is 10.7. The van der Waals surface area contributed by atoms with Crippen LogP contribution >= 0.6 is 0 Å². The molecule has 186 valence electrons. The second kappa shape index (κ2) is 11.4. The number of aromatic nitrogens is 1. The molecule has 7 heteroatoms. The summed E-state index contributed by atoms with van der Waals surface area (Å²) in [6.07, 6.45) is 2.24. The van der Waals surface area contributed by atoms with Gasteiger partial charge in [-0.25, -0.2) is 4.98 Å². The summed E-state index contributed by atoms with van der Waals surface area (Å²) in [6, 6.07) is 15.1. The lowest BCUT2D eigenvalue weighted by Crippen LogP contribution is -2.40. The van der Waals surface area contributed by atoms with Crippen molar-refractivity contribution in [3.8, 4) is 11.5 Å². The zero-order valence-electron chi connectivity index (χ0n) is 21.1. The zero-order valence-corrected chi connectivity index (χ0v) is 21.1. The van der Waals surface area contributed by atoms with E-state index in [0.29, 0.717) is 29.4 Å². The number of methoxy groups -OCH3 is 2. The van der Waals surface area contributed by atoms with E-state index in [4.69, 9.17) is 14.5 Å². The van der Waals surface area contributed by atoms with Crippen LogP contribution in [0.25, 0.3) is 10.9 Å². The Bertz CT molecular complexity index is 1160. The number of hydrogen-bond acceptors (Lipinski definition) is 6. The highest BCUT2D eigenvalue weighted by Crippen LogP contribution is 2.31. The van der Waals surface area contributed by atoms with Crippen LogP contribution < -0.4 is 20.1 Å². The average Bonchev–Trinajstić information content (AvgIpc) is 2.85. The number of carbonyl (C=O) groups is 1. The molecule has 2 unspecified atom stereocenters. The molecule has 0 aliphatic carbocycles. The van der Waals surface area contributed by atoms with Gasteiger partial charge in [-0.1, -0.05) is 32.0 Å². The molecule has 0 bridgehead atoms. The van der Waals surface area contributed by atoms with Crippen LogP contribution in [0.15, 0.2) is 48.5 Å². The number of pyridine rings is 1. The van der Waals surface area contributed by atoms with Gasteiger partial charge < -0.3 is 25.0 Å². The predicted octanol–water partition coefficient (Wildman–Crippen LogP) is 5.09. The Balaban J connectivity index is 1.45. The van der Waals surface area contributed by atoms with Crippen molar-refractivity contribution in [2.75, 3.05) is 45.7 Å². The molecule has 2 aromatic carbocycles. The van der Waals surface area contributed by atoms with Crippen molar-refractivity contribution in [1.82, 2.24) is 15.2 Å². The van der Waals surface area contributed by atoms with Gasteiger partial charge in [0, 0.05) is 36.8 Å². The molecule has 1 amide bonds. The van der Waals surface area contributed by atoms with Gasteiger partial charge in [-0.3, -0.25) is 4.79 Å². The van der Waals surface area contributed by atoms with E-state index in [1.165, 1.54) is 6.42 Å². The Morgan fingerprint density at radius 1 is 1.03 bits per heavy atom. The topological polar surface area (TPSA) is 75.7 Å². The van der Waals surface area contributed by atoms with E-state index in [2.05, 4.69) is 29.4 Å². The molecule has 1 aliphatic heterocycles. The van der Waals surface area contributed by atoms with E-state index in [9.17, 15) is 4.79 Å². The van der Waals surface area contributed by atoms with Crippen molar-refractivity contribution < 1.29 is 14.3 Å². The van der Waals surface area contributed by atoms with Gasteiger partial charge in [0.25, 0.3) is 5.91 Å². The molecular weight excluding hydrogens is 440 g/mol. The zero-order chi connectivity index (χ0) is 24.8. The molecule has 2 N–H and O–H groups in total. The van der Waals surface area contributed by atoms with Crippen LogP contribution in [0.1, 0.15) is 37.0 Å². The highest BCUT2D eigenvalue weighted by molar-refractivity contribution is 6.07. The number of rotatable bonds is 9. The number of likely N-dealkylation sites (tertiary alicyclic amines) is 1. The summed E-state index contributed by atoms with van der Waals surface area (Å²) in [4.78, 5) is 20.4. The first-order chi connectivity index (χ1) is 17.0. The number of hydrogen-bond donors (Lipinski definition) is 2. The molecule has 1 aromatic heterocycles. The monoisotopic (exact) mass is 476 g/mol. The highest BCUT2D eigenvalue weighted by Gasteiger charge is 2.21. The molecule has 0 spiro atoms. The van der Waals surface area contributed by atoms with Crippen molar-refractivity contribution in [3.05, 3.63) is 54.1 Å². The quantitative estimate of drug-likeness (QED) is 0.419. The van der Waals surface area contributed by atoms with E-state index < -0.39 is 0 Å². The number of piperidine rings is 1. The number of carbonyl (C=O) groups excluding carboxylic acids is 1. The third-order valence-corrected chi connectivity index (χ3v) is 6.50. The fourth-order valence-electron chi connectivity index (χ4n) is 5.06. The summed E-state index contributed by atoms with van der Waals surface area (Å²) in [6.45, 7) is 8.61. The van der Waals surface area contributed by atoms with Crippen LogP contribution in [0.4, 0.5) is 11.5 Å². The van der Waals surface area contributed by atoms with Crippen molar-refractivity contribution in [3.63, 3.8) is 0 Å². The van der Waals surface area contributed by atoms with E-state index in [0.717, 1.165) is 54.5 Å². The van der Waals surface area contributed by atoms with Gasteiger partial charge in [0.15, 0.2) is 11.5 Å². The molecule has 2 heterocycles. The third kappa shape index (κ3) is 6.22. The summed E-state index contributed by atoms with van der Waals surface area (Å²) >= 11 is 0. The van der Waals surface area contributed by atoms with Crippen LogP contribution in [-0.4, -0.2) is 56.2 Å². The highest BCUT2D eigenvalue weighted by atomic mass is 16.5. The van der Waals surface area contributed by atoms with Crippen molar-refractivity contribution in [1.29, 1.82) is 0 Å². The molecule has 1 fully saturated rings. The lowest BCUT2D eigenvalue weighted by Gasteiger charge is -2.34. The molecule has 0 saturated carbocycles. The normalized spacial score (nSPS) is 18.3. The van der Waals surface area contributed by atoms with Crippen LogP contribution in [0.3, 0.4) is 0 Å². The summed E-state index contributed by atoms with van der Waals surface area (Å²) in [5, 5.41) is 7.26. The van der Waals surface area contributed by atoms with Crippen LogP contribution in [0.2, 0.25) is 0 Å². The van der Waals surface area contributed by atoms with Crippen molar-refractivity contribution in [2.45, 2.75) is 26.7 Å². The lowest BCUT2D eigenvalue weighted by molar-refractivity contribution is 0.0949. The minimum Gasteiger partial charge on any atom is -0.493 e. The van der Waals surface area contributed by atoms with Crippen molar-refractivity contribution in [2.24, 2.45) is 11.8 Å². The van der Waals surface area contributed by atoms with Gasteiger partial charge in [0.05, 0.1) is 25.3 Å². The molecule has 4 rings (SSSR count). The number of nitrogens with zero attached hydrogens (tertiary/aromatic N) is 2. The number of benzene rings is 2. The summed E-state index contributed by atoms with van der Waals surface area (Å²) in [5.41, 5.74) is 2.17. The molecule has 1 aliphatic rings. The first kappa shape index (κ1) is 24.8. The van der Waals surface area contributed by atoms with E-state index >= 15 is 0 Å². The molecule has 1 saturated heterocycles. The first-order valence-corrected chi connectivity index (χ1v) is 12.4. The van der Waals surface area contributed by atoms with Gasteiger partial charge >= 0.3 is 0 Å². The summed E-state index contributed by atoms with van der Waals surface area (Å²) in [7, 11) is 3.21. The van der Waals surface area contributed by atoms with E-state index in [1.807, 2.05) is 48.5 Å². The molecule has 35 heavy (non-hydrogen) atoms. The van der Waals surface area contributed by atoms with Gasteiger partial charge in [0.2, 0.25) is 0 Å². The average molecular weight is 477 g/mol. The van der Waals surface area contributed by atoms with Crippen LogP contribution in [0.5, 0.6) is 11.5 Å². The minimum absolute atomic E-state index is 0.0839. The lowest BCUT2D eigenvalue weighted by atomic mass is 9.92. The number of anilines is 2. The largest absolute Gasteiger partial charge is 0.493 e. The molecule has 0 radical (unpaired) electrons. The van der Waals surface area contributed by atoms with Crippen LogP contribution in [-0.2, 0) is 0 Å². The molecule has 7 nitrogen and oxygen atoms in total. The fourth-order valence-corrected chi connectivity index (χ4v) is 5.06. The van der Waals surface area contributed by atoms with Gasteiger partial charge in [0.1, 0.15) is 5.82 Å². The summed E-state index contributed by atoms with van der Waals surface area (Å²) in [5.74, 6) is 3.27. The number of amides is 1. The first-order valence-electron chi connectivity index (χ1n) is 12.4. The fraction of sp³-hybridized carbons (Fsp3) is 0.429. The number of fused-ring (bicyclic) bond motifs is 1. The maximum atomic E-state index is 13.2. The molecule has 3 aromatic rings. The van der Waals surface area contributed by atoms with Gasteiger partial charge in [-0.2, -0.15) is 0 Å². The minimum atomic E-state index is -0.0839. The van der Waals surface area contributed by atoms with E-state index in [1.54, 1.807) is 14.2 Å². The van der Waals surface area contributed by atoms with Crippen molar-refractivity contribution >= 4 is 28.3 Å². The Hall–Kier alpha value is -3.32. The molecule has 2 atom stereocenters. The Morgan fingerprint density at radius 3 is 2.51 bits per heavy atom. The van der Waals surface area contributed by atoms with Gasteiger partial charge in [-0.05, 0) is 55.5 Å². The predicted molar refractivity (Wildman–Crippen MR) is 141 cm³/mol. The molecular formula is C28H36N4O3. The number of ether oxygens (including phenoxy) is 2. The second-order valence-corrected chi connectivity index (χ2v) is 9.58. The Labute approximate surface area is 207 Å². The van der Waals surface area contributed by atoms with Crippen LogP contribution in [0, 0.1) is 11.8 Å². The standard InChI is InChI=1S/C28H36N4O3/c1-19-14-20(2)18-32(17-19)13-7-12-29-28(33)23-16-27(31-24-9-6-5-8-22(23)24)30-21-10-11-25(34-3)26(15-21)35-4/h5-6,8-11,15-16,19-20H,7,12-14,17-18H2,1-4H3,(H,29,33)(H,30,31). The SMILES string of the molecule is COc1ccc(Nc2cc(C(=O)NCCCN3CC(C)CC(C)C3)c3ccccc3n2)cc1OC. The number of para-hydroxylation sites is 1. The Morgan fingerprint density at radius 2 is 1.77 bits per heavy atom. The smallest absolute Gasteiger partial charge is 0.252 e. The number of nitrogens with one attached hydrogen (secondary N) is 2. The van der Waals surface area contributed by atoms with Gasteiger partial charge in [-0.15, -0.1) is 0 Å².